The minimum absolute atomic E-state index is 0.00375. The van der Waals surface area contributed by atoms with E-state index in [2.05, 4.69) is 10.1 Å². The molecular weight excluding hydrogens is 402 g/mol. The normalized spacial score (nSPS) is 11.0. The minimum atomic E-state index is -1.03. The molecule has 1 N–H and O–H groups in total. The van der Waals surface area contributed by atoms with Crippen molar-refractivity contribution in [2.24, 2.45) is 0 Å². The summed E-state index contributed by atoms with van der Waals surface area (Å²) in [5.41, 5.74) is -1.41. The van der Waals surface area contributed by atoms with Crippen LogP contribution < -0.4 is 10.1 Å². The highest BCUT2D eigenvalue weighted by molar-refractivity contribution is 5.95. The summed E-state index contributed by atoms with van der Waals surface area (Å²) < 4.78 is 38.1. The van der Waals surface area contributed by atoms with Crippen LogP contribution in [0.25, 0.3) is 0 Å². The summed E-state index contributed by atoms with van der Waals surface area (Å²) in [6, 6.07) is 4.80. The second kappa shape index (κ2) is 8.85. The van der Waals surface area contributed by atoms with E-state index in [9.17, 15) is 28.5 Å². The summed E-state index contributed by atoms with van der Waals surface area (Å²) in [6.07, 6.45) is -0.489. The minimum Gasteiger partial charge on any atom is -0.469 e. The van der Waals surface area contributed by atoms with Gasteiger partial charge in [0.1, 0.15) is 5.82 Å². The highest BCUT2D eigenvalue weighted by atomic mass is 19.1. The number of benzene rings is 2. The SMILES string of the molecule is COC(=O)Cc1cc(F)c(Oc2ccc(C(=O)NC(C)(C)C)cc2[N+](=O)[O-])cc1F. The van der Waals surface area contributed by atoms with Gasteiger partial charge < -0.3 is 14.8 Å². The second-order valence-electron chi connectivity index (χ2n) is 7.37. The Labute approximate surface area is 170 Å². The maximum atomic E-state index is 14.3. The van der Waals surface area contributed by atoms with Crippen molar-refractivity contribution in [3.05, 3.63) is 63.2 Å². The third-order valence-electron chi connectivity index (χ3n) is 3.79. The van der Waals surface area contributed by atoms with Crippen molar-refractivity contribution in [1.82, 2.24) is 5.32 Å². The van der Waals surface area contributed by atoms with Gasteiger partial charge in [-0.1, -0.05) is 0 Å². The second-order valence-corrected chi connectivity index (χ2v) is 7.37. The first-order chi connectivity index (χ1) is 13.9. The molecule has 0 aliphatic carbocycles. The van der Waals surface area contributed by atoms with Crippen LogP contribution in [-0.2, 0) is 16.0 Å². The van der Waals surface area contributed by atoms with Crippen LogP contribution in [0.15, 0.2) is 30.3 Å². The Morgan fingerprint density at radius 2 is 1.77 bits per heavy atom. The van der Waals surface area contributed by atoms with Gasteiger partial charge in [-0.15, -0.1) is 0 Å². The van der Waals surface area contributed by atoms with Gasteiger partial charge in [-0.3, -0.25) is 19.7 Å². The Morgan fingerprint density at radius 1 is 1.10 bits per heavy atom. The standard InChI is InChI=1S/C20H20F2N2O6/c1-20(2,3)23-19(26)11-5-6-16(15(8-11)24(27)28)30-17-10-13(21)12(7-14(17)22)9-18(25)29-4/h5-8,10H,9H2,1-4H3,(H,23,26). The molecule has 0 saturated heterocycles. The van der Waals surface area contributed by atoms with Crippen LogP contribution in [-0.4, -0.2) is 29.4 Å². The summed E-state index contributed by atoms with van der Waals surface area (Å²) in [7, 11) is 1.11. The maximum absolute atomic E-state index is 14.3. The van der Waals surface area contributed by atoms with Crippen molar-refractivity contribution in [1.29, 1.82) is 0 Å². The zero-order valence-corrected chi connectivity index (χ0v) is 16.7. The Hall–Kier alpha value is -3.56. The fourth-order valence-corrected chi connectivity index (χ4v) is 2.43. The highest BCUT2D eigenvalue weighted by Crippen LogP contribution is 2.34. The van der Waals surface area contributed by atoms with Crippen LogP contribution in [0.3, 0.4) is 0 Å². The number of rotatable bonds is 6. The van der Waals surface area contributed by atoms with Crippen molar-refractivity contribution in [3.63, 3.8) is 0 Å². The van der Waals surface area contributed by atoms with Gasteiger partial charge in [-0.25, -0.2) is 8.78 Å². The zero-order chi connectivity index (χ0) is 22.6. The Morgan fingerprint density at radius 3 is 2.33 bits per heavy atom. The number of nitrogens with one attached hydrogen (secondary N) is 1. The molecule has 2 rings (SSSR count). The predicted molar refractivity (Wildman–Crippen MR) is 102 cm³/mol. The maximum Gasteiger partial charge on any atom is 0.312 e. The van der Waals surface area contributed by atoms with Gasteiger partial charge in [0.05, 0.1) is 18.5 Å². The van der Waals surface area contributed by atoms with E-state index in [1.165, 1.54) is 6.07 Å². The monoisotopic (exact) mass is 422 g/mol. The summed E-state index contributed by atoms with van der Waals surface area (Å²) >= 11 is 0. The van der Waals surface area contributed by atoms with Crippen molar-refractivity contribution in [3.8, 4) is 11.5 Å². The number of hydrogen-bond acceptors (Lipinski definition) is 6. The van der Waals surface area contributed by atoms with E-state index >= 15 is 0 Å². The quantitative estimate of drug-likeness (QED) is 0.430. The molecule has 0 bridgehead atoms. The summed E-state index contributed by atoms with van der Waals surface area (Å²) in [5.74, 6) is -4.27. The van der Waals surface area contributed by atoms with Crippen LogP contribution in [0.5, 0.6) is 11.5 Å². The van der Waals surface area contributed by atoms with E-state index < -0.39 is 51.8 Å². The predicted octanol–water partition coefficient (Wildman–Crippen LogP) is 3.91. The lowest BCUT2D eigenvalue weighted by atomic mass is 10.1. The van der Waals surface area contributed by atoms with Crippen LogP contribution in [0.1, 0.15) is 36.7 Å². The third kappa shape index (κ3) is 5.72. The number of ether oxygens (including phenoxy) is 2. The number of methoxy groups -OCH3 is 1. The van der Waals surface area contributed by atoms with Gasteiger partial charge in [0.15, 0.2) is 11.6 Å². The van der Waals surface area contributed by atoms with E-state index in [4.69, 9.17) is 4.74 Å². The van der Waals surface area contributed by atoms with E-state index in [1.807, 2.05) is 0 Å². The van der Waals surface area contributed by atoms with Crippen LogP contribution >= 0.6 is 0 Å². The highest BCUT2D eigenvalue weighted by Gasteiger charge is 2.23. The smallest absolute Gasteiger partial charge is 0.312 e. The molecule has 2 aromatic carbocycles. The summed E-state index contributed by atoms with van der Waals surface area (Å²) in [5, 5.41) is 14.1. The van der Waals surface area contributed by atoms with Crippen molar-refractivity contribution in [2.75, 3.05) is 7.11 Å². The fourth-order valence-electron chi connectivity index (χ4n) is 2.43. The molecule has 0 radical (unpaired) electrons. The number of nitrogens with zero attached hydrogens (tertiary/aromatic N) is 1. The molecule has 0 atom stereocenters. The lowest BCUT2D eigenvalue weighted by Gasteiger charge is -2.20. The fraction of sp³-hybridized carbons (Fsp3) is 0.300. The summed E-state index contributed by atoms with van der Waals surface area (Å²) in [4.78, 5) is 34.1. The molecule has 0 unspecified atom stereocenters. The van der Waals surface area contributed by atoms with E-state index in [0.29, 0.717) is 6.07 Å². The van der Waals surface area contributed by atoms with Crippen molar-refractivity contribution >= 4 is 17.6 Å². The Balaban J connectivity index is 2.36. The molecule has 8 nitrogen and oxygen atoms in total. The van der Waals surface area contributed by atoms with E-state index in [1.54, 1.807) is 20.8 Å². The molecule has 0 spiro atoms. The average Bonchev–Trinajstić information content (AvgIpc) is 2.64. The van der Waals surface area contributed by atoms with E-state index in [0.717, 1.165) is 25.3 Å². The first kappa shape index (κ1) is 22.7. The largest absolute Gasteiger partial charge is 0.469 e. The molecule has 1 amide bonds. The van der Waals surface area contributed by atoms with Gasteiger partial charge in [-0.2, -0.15) is 0 Å². The van der Waals surface area contributed by atoms with Crippen molar-refractivity contribution in [2.45, 2.75) is 32.7 Å². The molecule has 2 aromatic rings. The van der Waals surface area contributed by atoms with Crippen molar-refractivity contribution < 1.29 is 32.8 Å². The molecule has 0 aliphatic heterocycles. The lowest BCUT2D eigenvalue weighted by Crippen LogP contribution is -2.40. The first-order valence-electron chi connectivity index (χ1n) is 8.75. The molecular formula is C20H20F2N2O6. The Bertz CT molecular complexity index is 1000. The van der Waals surface area contributed by atoms with Gasteiger partial charge in [0, 0.05) is 28.8 Å². The molecule has 0 aliphatic rings. The van der Waals surface area contributed by atoms with Crippen LogP contribution in [0.2, 0.25) is 0 Å². The number of hydrogen-bond donors (Lipinski definition) is 1. The number of amides is 1. The molecule has 160 valence electrons. The average molecular weight is 422 g/mol. The molecule has 0 fully saturated rings. The molecule has 10 heteroatoms. The first-order valence-corrected chi connectivity index (χ1v) is 8.75. The zero-order valence-electron chi connectivity index (χ0n) is 16.7. The van der Waals surface area contributed by atoms with Gasteiger partial charge in [-0.05, 0) is 39.0 Å². The van der Waals surface area contributed by atoms with E-state index in [-0.39, 0.29) is 16.9 Å². The topological polar surface area (TPSA) is 108 Å². The number of nitro benzene ring substituents is 1. The van der Waals surface area contributed by atoms with Crippen LogP contribution in [0.4, 0.5) is 14.5 Å². The number of esters is 1. The molecule has 0 aromatic heterocycles. The number of carbonyl (C=O) groups excluding carboxylic acids is 2. The summed E-state index contributed by atoms with van der Waals surface area (Å²) in [6.45, 7) is 5.24. The van der Waals surface area contributed by atoms with Gasteiger partial charge in [0.25, 0.3) is 5.91 Å². The lowest BCUT2D eigenvalue weighted by molar-refractivity contribution is -0.385. The van der Waals surface area contributed by atoms with Crippen LogP contribution in [0, 0.1) is 21.7 Å². The number of nitro groups is 1. The molecule has 0 saturated carbocycles. The number of carbonyl (C=O) groups is 2. The number of halogens is 2. The molecule has 0 heterocycles. The van der Waals surface area contributed by atoms with Gasteiger partial charge in [0.2, 0.25) is 5.75 Å². The third-order valence-corrected chi connectivity index (χ3v) is 3.79. The molecule has 30 heavy (non-hydrogen) atoms. The van der Waals surface area contributed by atoms with Gasteiger partial charge >= 0.3 is 11.7 Å². The Kier molecular flexibility index (Phi) is 6.70.